The lowest BCUT2D eigenvalue weighted by Gasteiger charge is -2.18. The number of esters is 3. The number of carbonyl (C=O) groups is 3. The van der Waals surface area contributed by atoms with Crippen molar-refractivity contribution in [1.29, 1.82) is 0 Å². The molecule has 0 aromatic heterocycles. The first-order valence-corrected chi connectivity index (χ1v) is 32.9. The summed E-state index contributed by atoms with van der Waals surface area (Å²) in [5.74, 6) is -0.902. The van der Waals surface area contributed by atoms with E-state index in [0.29, 0.717) is 19.3 Å². The van der Waals surface area contributed by atoms with Crippen molar-refractivity contribution < 1.29 is 28.6 Å². The van der Waals surface area contributed by atoms with Gasteiger partial charge in [0.25, 0.3) is 0 Å². The fourth-order valence-corrected chi connectivity index (χ4v) is 9.13. The Morgan fingerprint density at radius 1 is 0.269 bits per heavy atom. The highest BCUT2D eigenvalue weighted by Crippen LogP contribution is 2.16. The van der Waals surface area contributed by atoms with Gasteiger partial charge < -0.3 is 14.2 Å². The summed E-state index contributed by atoms with van der Waals surface area (Å²) in [5, 5.41) is 0. The molecule has 0 rings (SSSR count). The van der Waals surface area contributed by atoms with Gasteiger partial charge in [0, 0.05) is 19.3 Å². The third-order valence-corrected chi connectivity index (χ3v) is 14.0. The van der Waals surface area contributed by atoms with Gasteiger partial charge in [0.15, 0.2) is 6.10 Å². The van der Waals surface area contributed by atoms with Crippen molar-refractivity contribution in [2.45, 2.75) is 316 Å². The first-order valence-electron chi connectivity index (χ1n) is 32.9. The lowest BCUT2D eigenvalue weighted by Crippen LogP contribution is -2.30. The second kappa shape index (κ2) is 65.6. The lowest BCUT2D eigenvalue weighted by molar-refractivity contribution is -0.167. The zero-order chi connectivity index (χ0) is 56.4. The summed E-state index contributed by atoms with van der Waals surface area (Å²) in [6.07, 6.45) is 89.5. The number of hydrogen-bond donors (Lipinski definition) is 0. The van der Waals surface area contributed by atoms with Crippen molar-refractivity contribution in [3.8, 4) is 0 Å². The van der Waals surface area contributed by atoms with Crippen LogP contribution in [0.5, 0.6) is 0 Å². The van der Waals surface area contributed by atoms with Crippen molar-refractivity contribution >= 4 is 17.9 Å². The molecular formula is C72H122O6. The Kier molecular flexibility index (Phi) is 62.3. The molecule has 0 radical (unpaired) electrons. The van der Waals surface area contributed by atoms with Crippen LogP contribution in [0.25, 0.3) is 0 Å². The molecule has 0 amide bonds. The van der Waals surface area contributed by atoms with Gasteiger partial charge in [-0.1, -0.05) is 278 Å². The molecule has 0 saturated carbocycles. The molecule has 0 aromatic rings. The maximum absolute atomic E-state index is 12.9. The number of unbranched alkanes of at least 4 members (excludes halogenated alkanes) is 30. The Bertz CT molecular complexity index is 1570. The standard InChI is InChI=1S/C72H122O6/c1-4-7-10-13-16-19-22-25-28-31-32-33-34-35-36-37-38-39-40-42-44-47-50-53-56-59-62-65-71(74)77-68-69(67-76-70(73)64-61-58-55-52-49-46-43-30-27-24-21-18-15-12-9-6-3)78-72(75)66-63-60-57-54-51-48-45-41-29-26-23-20-17-14-11-8-5-2/h7-8,10-11,16-17,19-21,24-26,28-30,32-33,43,69H,4-6,9,12-15,18,22-23,27,31,34-42,44-68H2,1-3H3/b10-7-,11-8-,19-16-,20-17-,24-21-,28-25-,29-26-,33-32-,43-30-. The molecule has 6 heteroatoms. The molecule has 1 atom stereocenters. The molecular weight excluding hydrogens is 961 g/mol. The van der Waals surface area contributed by atoms with Crippen molar-refractivity contribution in [3.63, 3.8) is 0 Å². The molecule has 0 heterocycles. The summed E-state index contributed by atoms with van der Waals surface area (Å²) >= 11 is 0. The SMILES string of the molecule is CC/C=C\C/C=C\C/C=C\C/C=C\CCCCCCCCCCCCCCCCC(=O)OCC(COC(=O)CCCCCCC/C=C\C/C=C\CCCCCC)OC(=O)CCCCCCCCC/C=C\C/C=C\C/C=C\CC. The molecule has 1 unspecified atom stereocenters. The predicted octanol–water partition coefficient (Wildman–Crippen LogP) is 22.6. The molecule has 0 N–H and O–H groups in total. The van der Waals surface area contributed by atoms with E-state index in [2.05, 4.69) is 130 Å². The van der Waals surface area contributed by atoms with E-state index < -0.39 is 6.10 Å². The number of carbonyl (C=O) groups excluding carboxylic acids is 3. The average Bonchev–Trinajstić information content (AvgIpc) is 3.44. The van der Waals surface area contributed by atoms with Crippen LogP contribution in [0.1, 0.15) is 310 Å². The van der Waals surface area contributed by atoms with Crippen molar-refractivity contribution in [3.05, 3.63) is 109 Å². The van der Waals surface area contributed by atoms with E-state index in [1.54, 1.807) is 0 Å². The van der Waals surface area contributed by atoms with E-state index in [1.807, 2.05) is 0 Å². The zero-order valence-corrected chi connectivity index (χ0v) is 51.2. The first kappa shape index (κ1) is 74.1. The number of rotatable bonds is 59. The van der Waals surface area contributed by atoms with Crippen LogP contribution in [-0.4, -0.2) is 37.2 Å². The van der Waals surface area contributed by atoms with Crippen LogP contribution in [0.15, 0.2) is 109 Å². The Morgan fingerprint density at radius 3 is 0.782 bits per heavy atom. The quantitative estimate of drug-likeness (QED) is 0.0261. The van der Waals surface area contributed by atoms with Crippen molar-refractivity contribution in [2.24, 2.45) is 0 Å². The second-order valence-corrected chi connectivity index (χ2v) is 21.6. The van der Waals surface area contributed by atoms with Crippen LogP contribution in [0, 0.1) is 0 Å². The van der Waals surface area contributed by atoms with Gasteiger partial charge >= 0.3 is 17.9 Å². The van der Waals surface area contributed by atoms with Gasteiger partial charge in [0.05, 0.1) is 0 Å². The number of hydrogen-bond acceptors (Lipinski definition) is 6. The van der Waals surface area contributed by atoms with Gasteiger partial charge in [-0.3, -0.25) is 14.4 Å². The number of ether oxygens (including phenoxy) is 3. The van der Waals surface area contributed by atoms with Crippen LogP contribution < -0.4 is 0 Å². The highest BCUT2D eigenvalue weighted by molar-refractivity contribution is 5.71. The van der Waals surface area contributed by atoms with E-state index in [9.17, 15) is 14.4 Å². The largest absolute Gasteiger partial charge is 0.462 e. The van der Waals surface area contributed by atoms with E-state index in [1.165, 1.54) is 141 Å². The van der Waals surface area contributed by atoms with Gasteiger partial charge in [-0.2, -0.15) is 0 Å². The molecule has 0 saturated heterocycles. The normalized spacial score (nSPS) is 12.8. The summed E-state index contributed by atoms with van der Waals surface area (Å²) in [7, 11) is 0. The first-order chi connectivity index (χ1) is 38.5. The van der Waals surface area contributed by atoms with Gasteiger partial charge in [-0.25, -0.2) is 0 Å². The molecule has 78 heavy (non-hydrogen) atoms. The summed E-state index contributed by atoms with van der Waals surface area (Å²) < 4.78 is 16.9. The minimum absolute atomic E-state index is 0.0865. The van der Waals surface area contributed by atoms with Gasteiger partial charge in [-0.05, 0) is 122 Å². The summed E-state index contributed by atoms with van der Waals surface area (Å²) in [5.41, 5.74) is 0. The fraction of sp³-hybridized carbons (Fsp3) is 0.708. The lowest BCUT2D eigenvalue weighted by atomic mass is 10.0. The van der Waals surface area contributed by atoms with Crippen LogP contribution in [0.3, 0.4) is 0 Å². The monoisotopic (exact) mass is 1080 g/mol. The summed E-state index contributed by atoms with van der Waals surface area (Å²) in [6.45, 7) is 6.41. The Hall–Kier alpha value is -3.93. The second-order valence-electron chi connectivity index (χ2n) is 21.6. The fourth-order valence-electron chi connectivity index (χ4n) is 9.13. The summed E-state index contributed by atoms with van der Waals surface area (Å²) in [6, 6.07) is 0. The minimum Gasteiger partial charge on any atom is -0.462 e. The van der Waals surface area contributed by atoms with Gasteiger partial charge in [0.1, 0.15) is 13.2 Å². The van der Waals surface area contributed by atoms with Crippen LogP contribution in [-0.2, 0) is 28.6 Å². The Morgan fingerprint density at radius 2 is 0.500 bits per heavy atom. The van der Waals surface area contributed by atoms with Crippen molar-refractivity contribution in [1.82, 2.24) is 0 Å². The van der Waals surface area contributed by atoms with Crippen molar-refractivity contribution in [2.75, 3.05) is 13.2 Å². The highest BCUT2D eigenvalue weighted by Gasteiger charge is 2.19. The molecule has 6 nitrogen and oxygen atoms in total. The molecule has 0 aliphatic heterocycles. The van der Waals surface area contributed by atoms with E-state index >= 15 is 0 Å². The Balaban J connectivity index is 4.33. The number of allylic oxidation sites excluding steroid dienone is 18. The van der Waals surface area contributed by atoms with Crippen LogP contribution >= 0.6 is 0 Å². The molecule has 446 valence electrons. The molecule has 0 aliphatic carbocycles. The van der Waals surface area contributed by atoms with Gasteiger partial charge in [0.2, 0.25) is 0 Å². The topological polar surface area (TPSA) is 78.9 Å². The van der Waals surface area contributed by atoms with Crippen LogP contribution in [0.4, 0.5) is 0 Å². The van der Waals surface area contributed by atoms with E-state index in [0.717, 1.165) is 128 Å². The maximum atomic E-state index is 12.9. The highest BCUT2D eigenvalue weighted by atomic mass is 16.6. The van der Waals surface area contributed by atoms with Gasteiger partial charge in [-0.15, -0.1) is 0 Å². The van der Waals surface area contributed by atoms with E-state index in [4.69, 9.17) is 14.2 Å². The maximum Gasteiger partial charge on any atom is 0.306 e. The molecule has 0 spiro atoms. The third kappa shape index (κ3) is 62.9. The predicted molar refractivity (Wildman–Crippen MR) is 339 cm³/mol. The Labute approximate surface area is 482 Å². The minimum atomic E-state index is -0.792. The van der Waals surface area contributed by atoms with Crippen LogP contribution in [0.2, 0.25) is 0 Å². The molecule has 0 aliphatic rings. The molecule has 0 aromatic carbocycles. The summed E-state index contributed by atoms with van der Waals surface area (Å²) in [4.78, 5) is 38.4. The average molecular weight is 1080 g/mol. The molecule has 0 bridgehead atoms. The molecule has 0 fully saturated rings. The third-order valence-electron chi connectivity index (χ3n) is 14.0. The smallest absolute Gasteiger partial charge is 0.306 e. The zero-order valence-electron chi connectivity index (χ0n) is 51.2. The van der Waals surface area contributed by atoms with E-state index in [-0.39, 0.29) is 31.1 Å².